The van der Waals surface area contributed by atoms with Crippen molar-refractivity contribution in [1.29, 1.82) is 0 Å². The van der Waals surface area contributed by atoms with E-state index in [2.05, 4.69) is 9.97 Å². The maximum atomic E-state index is 15.0. The quantitative estimate of drug-likeness (QED) is 0.588. The number of halogens is 1. The number of carbonyl (C=O) groups is 1. The fourth-order valence-corrected chi connectivity index (χ4v) is 4.18. The van der Waals surface area contributed by atoms with E-state index in [4.69, 9.17) is 14.2 Å². The van der Waals surface area contributed by atoms with E-state index < -0.39 is 5.82 Å². The molecule has 0 saturated heterocycles. The molecule has 8 heteroatoms. The number of hydrogen-bond donors (Lipinski definition) is 0. The zero-order valence-corrected chi connectivity index (χ0v) is 18.8. The lowest BCUT2D eigenvalue weighted by atomic mass is 9.95. The molecule has 4 rings (SSSR count). The van der Waals surface area contributed by atoms with Gasteiger partial charge in [0, 0.05) is 20.1 Å². The highest BCUT2D eigenvalue weighted by molar-refractivity contribution is 5.80. The highest BCUT2D eigenvalue weighted by Gasteiger charge is 2.29. The van der Waals surface area contributed by atoms with Crippen LogP contribution < -0.4 is 9.47 Å². The summed E-state index contributed by atoms with van der Waals surface area (Å²) in [5.41, 5.74) is 1.51. The first-order chi connectivity index (χ1) is 14.8. The van der Waals surface area contributed by atoms with Gasteiger partial charge in [-0.3, -0.25) is 4.57 Å². The van der Waals surface area contributed by atoms with Gasteiger partial charge in [0.25, 0.3) is 11.9 Å². The molecule has 0 spiro atoms. The molecule has 2 fully saturated rings. The molecule has 31 heavy (non-hydrogen) atoms. The van der Waals surface area contributed by atoms with Crippen molar-refractivity contribution in [2.75, 3.05) is 6.61 Å². The van der Waals surface area contributed by atoms with Crippen LogP contribution in [0.5, 0.6) is 11.9 Å². The summed E-state index contributed by atoms with van der Waals surface area (Å²) >= 11 is 0. The summed E-state index contributed by atoms with van der Waals surface area (Å²) in [6, 6.07) is 0.404. The van der Waals surface area contributed by atoms with Crippen LogP contribution in [0.15, 0.2) is 0 Å². The number of carbonyl (C=O) groups excluding carboxylic acids is 1. The molecule has 0 bridgehead atoms. The summed E-state index contributed by atoms with van der Waals surface area (Å²) in [5, 5.41) is 0. The minimum Gasteiger partial charge on any atom is -0.472 e. The van der Waals surface area contributed by atoms with Crippen molar-refractivity contribution in [3.05, 3.63) is 11.5 Å². The molecule has 0 unspecified atom stereocenters. The van der Waals surface area contributed by atoms with E-state index in [9.17, 15) is 4.79 Å². The third-order valence-electron chi connectivity index (χ3n) is 6.01. The van der Waals surface area contributed by atoms with Gasteiger partial charge in [-0.1, -0.05) is 6.92 Å². The first-order valence-electron chi connectivity index (χ1n) is 11.3. The molecule has 7 nitrogen and oxygen atoms in total. The standard InChI is InChI=1S/C23H32FN3O4/c1-13(11-14(2)28)12-29-16-5-7-18(8-6-16)31-23-26-20-15(3)25-22(30-17-9-10-17)19(24)21(20)27(23)4/h13,16-18H,5-12H2,1-4H3/t13-,16?,18?/m1/s1. The molecule has 170 valence electrons. The maximum absolute atomic E-state index is 15.0. The fraction of sp³-hybridized carbons (Fsp3) is 0.696. The van der Waals surface area contributed by atoms with Gasteiger partial charge in [-0.2, -0.15) is 9.37 Å². The van der Waals surface area contributed by atoms with Crippen LogP contribution in [-0.2, 0) is 16.6 Å². The van der Waals surface area contributed by atoms with E-state index in [0.717, 1.165) is 38.5 Å². The van der Waals surface area contributed by atoms with Crippen molar-refractivity contribution < 1.29 is 23.4 Å². The average molecular weight is 434 g/mol. The van der Waals surface area contributed by atoms with Crippen molar-refractivity contribution in [2.45, 2.75) is 84.0 Å². The Bertz CT molecular complexity index is 948. The Kier molecular flexibility index (Phi) is 6.46. The van der Waals surface area contributed by atoms with E-state index >= 15 is 4.39 Å². The highest BCUT2D eigenvalue weighted by Crippen LogP contribution is 2.34. The number of hydrogen-bond acceptors (Lipinski definition) is 6. The molecular weight excluding hydrogens is 401 g/mol. The Morgan fingerprint density at radius 3 is 2.35 bits per heavy atom. The minimum atomic E-state index is -0.478. The number of Topliss-reactive ketones (excluding diaryl/α,β-unsaturated/α-hetero) is 1. The molecule has 0 amide bonds. The molecule has 0 radical (unpaired) electrons. The molecule has 2 saturated carbocycles. The van der Waals surface area contributed by atoms with Gasteiger partial charge in [0.1, 0.15) is 29.0 Å². The second-order valence-corrected chi connectivity index (χ2v) is 9.15. The van der Waals surface area contributed by atoms with Crippen molar-refractivity contribution in [3.63, 3.8) is 0 Å². The Hall–Kier alpha value is -2.22. The zero-order chi connectivity index (χ0) is 22.1. The maximum Gasteiger partial charge on any atom is 0.297 e. The number of ether oxygens (including phenoxy) is 3. The summed E-state index contributed by atoms with van der Waals surface area (Å²) in [6.45, 7) is 6.08. The van der Waals surface area contributed by atoms with Gasteiger partial charge in [0.15, 0.2) is 0 Å². The van der Waals surface area contributed by atoms with Crippen LogP contribution in [0.4, 0.5) is 4.39 Å². The van der Waals surface area contributed by atoms with Crippen LogP contribution in [0.3, 0.4) is 0 Å². The van der Waals surface area contributed by atoms with E-state index in [1.165, 1.54) is 0 Å². The van der Waals surface area contributed by atoms with E-state index in [1.807, 2.05) is 13.8 Å². The van der Waals surface area contributed by atoms with Gasteiger partial charge in [0.05, 0.1) is 11.8 Å². The molecule has 0 aliphatic heterocycles. The van der Waals surface area contributed by atoms with Crippen LogP contribution in [0.2, 0.25) is 0 Å². The summed E-state index contributed by atoms with van der Waals surface area (Å²) < 4.78 is 34.5. The minimum absolute atomic E-state index is 0.0171. The van der Waals surface area contributed by atoms with Crippen molar-refractivity contribution >= 4 is 16.8 Å². The van der Waals surface area contributed by atoms with Gasteiger partial charge in [-0.25, -0.2) is 4.98 Å². The number of imidazole rings is 1. The number of pyridine rings is 1. The van der Waals surface area contributed by atoms with E-state index in [1.54, 1.807) is 18.5 Å². The first-order valence-corrected chi connectivity index (χ1v) is 11.3. The highest BCUT2D eigenvalue weighted by atomic mass is 19.1. The first kappa shape index (κ1) is 22.0. The van der Waals surface area contributed by atoms with Gasteiger partial charge < -0.3 is 19.0 Å². The average Bonchev–Trinajstić information content (AvgIpc) is 3.47. The molecule has 2 aliphatic rings. The molecular formula is C23H32FN3O4. The SMILES string of the molecule is CC(=O)C[C@@H](C)COC1CCC(Oc2nc3c(C)nc(OC4CC4)c(F)c3n2C)CC1. The number of nitrogens with zero attached hydrogens (tertiary/aromatic N) is 3. The topological polar surface area (TPSA) is 75.5 Å². The fourth-order valence-electron chi connectivity index (χ4n) is 4.18. The third-order valence-corrected chi connectivity index (χ3v) is 6.01. The lowest BCUT2D eigenvalue weighted by Crippen LogP contribution is -2.30. The number of rotatable bonds is 9. The second kappa shape index (κ2) is 9.10. The second-order valence-electron chi connectivity index (χ2n) is 9.15. The zero-order valence-electron chi connectivity index (χ0n) is 18.8. The summed E-state index contributed by atoms with van der Waals surface area (Å²) in [6.07, 6.45) is 6.24. The number of aromatic nitrogens is 3. The summed E-state index contributed by atoms with van der Waals surface area (Å²) in [4.78, 5) is 20.0. The van der Waals surface area contributed by atoms with E-state index in [-0.39, 0.29) is 35.9 Å². The van der Waals surface area contributed by atoms with E-state index in [0.29, 0.717) is 35.8 Å². The van der Waals surface area contributed by atoms with Crippen molar-refractivity contribution in [3.8, 4) is 11.9 Å². The smallest absolute Gasteiger partial charge is 0.297 e. The summed E-state index contributed by atoms with van der Waals surface area (Å²) in [5.74, 6) is 0.0172. The Labute approximate surface area is 182 Å². The molecule has 2 aromatic rings. The monoisotopic (exact) mass is 433 g/mol. The number of fused-ring (bicyclic) bond motifs is 1. The predicted octanol–water partition coefficient (Wildman–Crippen LogP) is 4.28. The van der Waals surface area contributed by atoms with Gasteiger partial charge >= 0.3 is 0 Å². The normalized spacial score (nSPS) is 22.5. The predicted molar refractivity (Wildman–Crippen MR) is 114 cm³/mol. The number of aryl methyl sites for hydroxylation is 2. The molecule has 2 aliphatic carbocycles. The van der Waals surface area contributed by atoms with Gasteiger partial charge in [-0.15, -0.1) is 0 Å². The molecule has 0 aromatic carbocycles. The van der Waals surface area contributed by atoms with Gasteiger partial charge in [-0.05, 0) is 58.3 Å². The van der Waals surface area contributed by atoms with Crippen LogP contribution in [0.25, 0.3) is 11.0 Å². The Morgan fingerprint density at radius 2 is 1.71 bits per heavy atom. The van der Waals surface area contributed by atoms with Crippen LogP contribution >= 0.6 is 0 Å². The lowest BCUT2D eigenvalue weighted by Gasteiger charge is -2.29. The lowest BCUT2D eigenvalue weighted by molar-refractivity contribution is -0.118. The molecule has 2 heterocycles. The van der Waals surface area contributed by atoms with Crippen LogP contribution in [0, 0.1) is 18.7 Å². The summed E-state index contributed by atoms with van der Waals surface area (Å²) in [7, 11) is 1.76. The molecule has 1 atom stereocenters. The van der Waals surface area contributed by atoms with Crippen molar-refractivity contribution in [2.24, 2.45) is 13.0 Å². The molecule has 2 aromatic heterocycles. The van der Waals surface area contributed by atoms with Crippen LogP contribution in [-0.4, -0.2) is 45.2 Å². The third kappa shape index (κ3) is 5.17. The van der Waals surface area contributed by atoms with Crippen LogP contribution in [0.1, 0.15) is 64.5 Å². The Balaban J connectivity index is 1.37. The largest absolute Gasteiger partial charge is 0.472 e. The van der Waals surface area contributed by atoms with Crippen molar-refractivity contribution in [1.82, 2.24) is 14.5 Å². The number of ketones is 1. The van der Waals surface area contributed by atoms with Gasteiger partial charge in [0.2, 0.25) is 5.82 Å². The Morgan fingerprint density at radius 1 is 1.10 bits per heavy atom. The molecule has 0 N–H and O–H groups in total.